The second-order valence-electron chi connectivity index (χ2n) is 10.6. The molecule has 1 saturated heterocycles. The molecule has 1 fully saturated rings. The fourth-order valence-corrected chi connectivity index (χ4v) is 3.78. The van der Waals surface area contributed by atoms with Crippen molar-refractivity contribution < 1.29 is 19.5 Å². The SMILES string of the molecule is C/C(=C\[C@H](C(C)C)N(C)C(=O)CNC=O)C(=O)NCCO.CC(C)N1CCCCC1.CCC.Cc1ccccc1. The van der Waals surface area contributed by atoms with Gasteiger partial charge in [0.25, 0.3) is 0 Å². The van der Waals surface area contributed by atoms with E-state index in [2.05, 4.69) is 62.3 Å². The standard InChI is InChI=1S/C14H25N3O4.C8H17N.C7H8.C3H8/c1-10(2)12(17(4)13(20)8-15-9-19)7-11(3)14(21)16-5-6-18;1-8(2)9-6-4-3-5-7-9;1-7-5-3-2-4-6-7;1-3-2/h7,9-10,12,18H,5-6,8H2,1-4H3,(H,15,19)(H,16,21);8H,3-7H2,1-2H3;2-6H,1H3;3H2,1-2H3/b11-7+;;;/t12-;;;/m1.../s1. The van der Waals surface area contributed by atoms with Crippen LogP contribution >= 0.6 is 0 Å². The maximum Gasteiger partial charge on any atom is 0.246 e. The molecule has 0 aromatic heterocycles. The van der Waals surface area contributed by atoms with Gasteiger partial charge in [-0.3, -0.25) is 14.4 Å². The van der Waals surface area contributed by atoms with Gasteiger partial charge in [0.2, 0.25) is 18.2 Å². The zero-order valence-electron chi connectivity index (χ0n) is 26.7. The van der Waals surface area contributed by atoms with Crippen molar-refractivity contribution in [3.8, 4) is 0 Å². The highest BCUT2D eigenvalue weighted by Crippen LogP contribution is 2.13. The third-order valence-electron chi connectivity index (χ3n) is 6.10. The van der Waals surface area contributed by atoms with Gasteiger partial charge in [0.05, 0.1) is 19.2 Å². The summed E-state index contributed by atoms with van der Waals surface area (Å²) < 4.78 is 0. The van der Waals surface area contributed by atoms with E-state index in [9.17, 15) is 14.4 Å². The number of aryl methyl sites for hydroxylation is 1. The molecular formula is C32H58N4O4. The van der Waals surface area contributed by atoms with E-state index in [1.807, 2.05) is 32.0 Å². The van der Waals surface area contributed by atoms with Crippen molar-refractivity contribution in [2.45, 2.75) is 93.2 Å². The third kappa shape index (κ3) is 20.2. The predicted octanol–water partition coefficient (Wildman–Crippen LogP) is 4.56. The van der Waals surface area contributed by atoms with Gasteiger partial charge in [-0.15, -0.1) is 0 Å². The number of rotatable bonds is 10. The topological polar surface area (TPSA) is 102 Å². The van der Waals surface area contributed by atoms with Gasteiger partial charge in [-0.25, -0.2) is 0 Å². The zero-order chi connectivity index (χ0) is 30.9. The summed E-state index contributed by atoms with van der Waals surface area (Å²) in [4.78, 5) is 38.0. The van der Waals surface area contributed by atoms with Gasteiger partial charge in [0.15, 0.2) is 0 Å². The van der Waals surface area contributed by atoms with Crippen molar-refractivity contribution >= 4 is 18.2 Å². The van der Waals surface area contributed by atoms with Crippen molar-refractivity contribution in [2.24, 2.45) is 5.92 Å². The van der Waals surface area contributed by atoms with Gasteiger partial charge >= 0.3 is 0 Å². The number of aliphatic hydroxyl groups is 1. The minimum absolute atomic E-state index is 0.0766. The fourth-order valence-electron chi connectivity index (χ4n) is 3.78. The van der Waals surface area contributed by atoms with Crippen LogP contribution in [0.5, 0.6) is 0 Å². The summed E-state index contributed by atoms with van der Waals surface area (Å²) in [6.45, 7) is 19.1. The molecule has 0 radical (unpaired) electrons. The van der Waals surface area contributed by atoms with Gasteiger partial charge in [0, 0.05) is 25.2 Å². The van der Waals surface area contributed by atoms with Gasteiger partial charge in [0.1, 0.15) is 0 Å². The number of hydrogen-bond acceptors (Lipinski definition) is 5. The number of benzene rings is 1. The largest absolute Gasteiger partial charge is 0.395 e. The summed E-state index contributed by atoms with van der Waals surface area (Å²) >= 11 is 0. The van der Waals surface area contributed by atoms with Crippen LogP contribution in [-0.2, 0) is 14.4 Å². The lowest BCUT2D eigenvalue weighted by molar-refractivity contribution is -0.132. The van der Waals surface area contributed by atoms with Crippen LogP contribution in [0.2, 0.25) is 0 Å². The average molecular weight is 563 g/mol. The number of likely N-dealkylation sites (tertiary alicyclic amines) is 1. The van der Waals surface area contributed by atoms with Gasteiger partial charge < -0.3 is 25.5 Å². The molecule has 3 amide bonds. The summed E-state index contributed by atoms with van der Waals surface area (Å²) in [7, 11) is 1.63. The van der Waals surface area contributed by atoms with Gasteiger partial charge in [-0.2, -0.15) is 0 Å². The van der Waals surface area contributed by atoms with E-state index in [1.165, 1.54) is 49.2 Å². The van der Waals surface area contributed by atoms with E-state index in [-0.39, 0.29) is 43.5 Å². The molecular weight excluding hydrogens is 504 g/mol. The number of amides is 3. The Morgan fingerprint density at radius 3 is 1.98 bits per heavy atom. The number of likely N-dealkylation sites (N-methyl/N-ethyl adjacent to an activating group) is 1. The maximum atomic E-state index is 11.9. The van der Waals surface area contributed by atoms with Crippen molar-refractivity contribution in [2.75, 3.05) is 39.8 Å². The molecule has 1 aromatic rings. The van der Waals surface area contributed by atoms with Crippen molar-refractivity contribution in [1.29, 1.82) is 0 Å². The molecule has 8 nitrogen and oxygen atoms in total. The molecule has 1 aliphatic rings. The van der Waals surface area contributed by atoms with Crippen molar-refractivity contribution in [1.82, 2.24) is 20.4 Å². The van der Waals surface area contributed by atoms with Gasteiger partial charge in [-0.1, -0.05) is 82.5 Å². The highest BCUT2D eigenvalue weighted by Gasteiger charge is 2.22. The predicted molar refractivity (Wildman–Crippen MR) is 167 cm³/mol. The summed E-state index contributed by atoms with van der Waals surface area (Å²) in [5.41, 5.74) is 1.80. The molecule has 8 heteroatoms. The Morgan fingerprint density at radius 1 is 1.05 bits per heavy atom. The Balaban J connectivity index is 0. The monoisotopic (exact) mass is 562 g/mol. The van der Waals surface area contributed by atoms with Gasteiger partial charge in [-0.05, 0) is 59.5 Å². The first kappa shape index (κ1) is 39.4. The maximum absolute atomic E-state index is 11.9. The zero-order valence-corrected chi connectivity index (χ0v) is 26.7. The van der Waals surface area contributed by atoms with Crippen LogP contribution in [0.25, 0.3) is 0 Å². The normalized spacial score (nSPS) is 13.8. The lowest BCUT2D eigenvalue weighted by atomic mass is 10.00. The number of hydrogen-bond donors (Lipinski definition) is 3. The minimum atomic E-state index is -0.276. The number of nitrogens with zero attached hydrogens (tertiary/aromatic N) is 2. The number of piperidine rings is 1. The molecule has 0 bridgehead atoms. The lowest BCUT2D eigenvalue weighted by Crippen LogP contribution is -2.43. The first-order valence-electron chi connectivity index (χ1n) is 14.7. The second-order valence-corrected chi connectivity index (χ2v) is 10.6. The Bertz CT molecular complexity index is 806. The molecule has 0 saturated carbocycles. The molecule has 3 N–H and O–H groups in total. The molecule has 2 rings (SSSR count). The van der Waals surface area contributed by atoms with Crippen LogP contribution in [0.15, 0.2) is 42.0 Å². The summed E-state index contributed by atoms with van der Waals surface area (Å²) in [6.07, 6.45) is 7.72. The first-order valence-corrected chi connectivity index (χ1v) is 14.7. The molecule has 0 spiro atoms. The summed E-state index contributed by atoms with van der Waals surface area (Å²) in [6, 6.07) is 10.8. The average Bonchev–Trinajstić information content (AvgIpc) is 2.94. The highest BCUT2D eigenvalue weighted by molar-refractivity contribution is 5.93. The smallest absolute Gasteiger partial charge is 0.246 e. The van der Waals surface area contributed by atoms with Crippen LogP contribution in [0, 0.1) is 12.8 Å². The molecule has 230 valence electrons. The van der Waals surface area contributed by atoms with Crippen LogP contribution in [0.1, 0.15) is 79.7 Å². The number of carbonyl (C=O) groups is 3. The molecule has 0 unspecified atom stereocenters. The van der Waals surface area contributed by atoms with E-state index in [1.54, 1.807) is 20.0 Å². The molecule has 1 aliphatic heterocycles. The molecule has 1 heterocycles. The van der Waals surface area contributed by atoms with E-state index < -0.39 is 0 Å². The third-order valence-corrected chi connectivity index (χ3v) is 6.10. The summed E-state index contributed by atoms with van der Waals surface area (Å²) in [5, 5.41) is 13.6. The quantitative estimate of drug-likeness (QED) is 0.287. The van der Waals surface area contributed by atoms with E-state index in [0.717, 1.165) is 6.04 Å². The van der Waals surface area contributed by atoms with Crippen LogP contribution in [0.3, 0.4) is 0 Å². The molecule has 0 aliphatic carbocycles. The Kier molecular flexibility index (Phi) is 24.9. The number of carbonyl (C=O) groups excluding carboxylic acids is 3. The van der Waals surface area contributed by atoms with Crippen molar-refractivity contribution in [3.05, 3.63) is 47.5 Å². The minimum Gasteiger partial charge on any atom is -0.395 e. The second kappa shape index (κ2) is 25.3. The first-order chi connectivity index (χ1) is 19.0. The highest BCUT2D eigenvalue weighted by atomic mass is 16.3. The molecule has 40 heavy (non-hydrogen) atoms. The Morgan fingerprint density at radius 2 is 1.60 bits per heavy atom. The number of nitrogens with one attached hydrogen (secondary N) is 2. The number of aliphatic hydroxyl groups excluding tert-OH is 1. The fraction of sp³-hybridized carbons (Fsp3) is 0.656. The molecule has 1 atom stereocenters. The van der Waals surface area contributed by atoms with Crippen LogP contribution in [-0.4, -0.2) is 85.0 Å². The van der Waals surface area contributed by atoms with E-state index >= 15 is 0 Å². The van der Waals surface area contributed by atoms with Crippen molar-refractivity contribution in [3.63, 3.8) is 0 Å². The molecule has 1 aromatic carbocycles. The van der Waals surface area contributed by atoms with E-state index in [0.29, 0.717) is 12.0 Å². The van der Waals surface area contributed by atoms with Crippen LogP contribution in [0.4, 0.5) is 0 Å². The Labute approximate surface area is 244 Å². The van der Waals surface area contributed by atoms with E-state index in [4.69, 9.17) is 5.11 Å². The Hall–Kier alpha value is -2.71. The van der Waals surface area contributed by atoms with Crippen LogP contribution < -0.4 is 10.6 Å². The summed E-state index contributed by atoms with van der Waals surface area (Å²) in [5.74, 6) is -0.405. The lowest BCUT2D eigenvalue weighted by Gasteiger charge is -2.29.